The molecule has 1 aromatic heterocycles. The first-order chi connectivity index (χ1) is 11.2. The van der Waals surface area contributed by atoms with Crippen LogP contribution in [-0.2, 0) is 4.74 Å². The topological polar surface area (TPSA) is 57.7 Å². The molecule has 124 valence electrons. The summed E-state index contributed by atoms with van der Waals surface area (Å²) in [5.74, 6) is 0.995. The maximum Gasteiger partial charge on any atom is 0.317 e. The molecule has 6 nitrogen and oxygen atoms in total. The molecule has 0 radical (unpaired) electrons. The third kappa shape index (κ3) is 3.27. The monoisotopic (exact) mass is 316 g/mol. The second kappa shape index (κ2) is 6.00. The van der Waals surface area contributed by atoms with Gasteiger partial charge in [0.2, 0.25) is 0 Å². The molecule has 3 heterocycles. The van der Waals surface area contributed by atoms with Crippen LogP contribution in [0.5, 0.6) is 0 Å². The van der Waals surface area contributed by atoms with E-state index in [9.17, 15) is 4.79 Å². The lowest BCUT2D eigenvalue weighted by atomic mass is 9.90. The second-order valence-electron chi connectivity index (χ2n) is 6.89. The van der Waals surface area contributed by atoms with E-state index in [1.54, 1.807) is 0 Å². The predicted octanol–water partition coefficient (Wildman–Crippen LogP) is 1.62. The van der Waals surface area contributed by atoms with E-state index >= 15 is 0 Å². The molecule has 23 heavy (non-hydrogen) atoms. The minimum atomic E-state index is -0.255. The fourth-order valence-corrected chi connectivity index (χ4v) is 3.59. The number of ether oxygens (including phenoxy) is 1. The number of anilines is 1. The van der Waals surface area contributed by atoms with E-state index in [0.29, 0.717) is 25.7 Å². The molecule has 1 aliphatic carbocycles. The summed E-state index contributed by atoms with van der Waals surface area (Å²) < 4.78 is 6.17. The molecule has 6 heteroatoms. The Kier molecular flexibility index (Phi) is 3.85. The van der Waals surface area contributed by atoms with Gasteiger partial charge in [0, 0.05) is 25.3 Å². The van der Waals surface area contributed by atoms with Crippen LogP contribution < -0.4 is 10.2 Å². The van der Waals surface area contributed by atoms with E-state index in [1.807, 2.05) is 29.3 Å². The number of urea groups is 1. The Morgan fingerprint density at radius 3 is 3.00 bits per heavy atom. The summed E-state index contributed by atoms with van der Waals surface area (Å²) in [5, 5.41) is 3.09. The normalized spacial score (nSPS) is 28.0. The van der Waals surface area contributed by atoms with Crippen molar-refractivity contribution in [2.24, 2.45) is 0 Å². The molecular weight excluding hydrogens is 292 g/mol. The first-order valence-electron chi connectivity index (χ1n) is 8.60. The van der Waals surface area contributed by atoms with E-state index < -0.39 is 0 Å². The van der Waals surface area contributed by atoms with E-state index in [1.165, 1.54) is 0 Å². The van der Waals surface area contributed by atoms with Gasteiger partial charge in [-0.1, -0.05) is 6.07 Å². The Bertz CT molecular complexity index is 559. The van der Waals surface area contributed by atoms with Crippen LogP contribution in [0.3, 0.4) is 0 Å². The van der Waals surface area contributed by atoms with Crippen molar-refractivity contribution in [2.45, 2.75) is 37.3 Å². The third-order valence-electron chi connectivity index (χ3n) is 4.95. The van der Waals surface area contributed by atoms with Crippen LogP contribution in [0.4, 0.5) is 10.6 Å². The van der Waals surface area contributed by atoms with Crippen LogP contribution in [0.2, 0.25) is 0 Å². The largest absolute Gasteiger partial charge is 0.369 e. The van der Waals surface area contributed by atoms with E-state index in [4.69, 9.17) is 4.74 Å². The zero-order chi connectivity index (χ0) is 15.7. The summed E-state index contributed by atoms with van der Waals surface area (Å²) in [6.07, 6.45) is 6.13. The van der Waals surface area contributed by atoms with Crippen LogP contribution in [0, 0.1) is 0 Å². The average molecular weight is 316 g/mol. The molecule has 2 amide bonds. The first-order valence-corrected chi connectivity index (χ1v) is 8.60. The lowest BCUT2D eigenvalue weighted by molar-refractivity contribution is -0.103. The molecular formula is C17H24N4O2. The molecule has 1 saturated carbocycles. The van der Waals surface area contributed by atoms with Gasteiger partial charge in [-0.05, 0) is 37.8 Å². The zero-order valence-electron chi connectivity index (χ0n) is 13.4. The molecule has 2 saturated heterocycles. The van der Waals surface area contributed by atoms with Gasteiger partial charge in [-0.3, -0.25) is 0 Å². The smallest absolute Gasteiger partial charge is 0.317 e. The van der Waals surface area contributed by atoms with Gasteiger partial charge in [-0.2, -0.15) is 0 Å². The van der Waals surface area contributed by atoms with Crippen molar-refractivity contribution in [3.8, 4) is 0 Å². The highest BCUT2D eigenvalue weighted by Crippen LogP contribution is 2.31. The Morgan fingerprint density at radius 2 is 2.22 bits per heavy atom. The summed E-state index contributed by atoms with van der Waals surface area (Å²) in [5.41, 5.74) is -0.255. The molecule has 2 aliphatic heterocycles. The van der Waals surface area contributed by atoms with Gasteiger partial charge in [0.25, 0.3) is 0 Å². The number of pyridine rings is 1. The van der Waals surface area contributed by atoms with E-state index in [0.717, 1.165) is 44.6 Å². The summed E-state index contributed by atoms with van der Waals surface area (Å²) in [6, 6.07) is 6.47. The van der Waals surface area contributed by atoms with Gasteiger partial charge in [-0.15, -0.1) is 0 Å². The molecule has 1 aromatic rings. The first kappa shape index (κ1) is 14.8. The highest BCUT2D eigenvalue weighted by Gasteiger charge is 2.42. The number of rotatable bonds is 2. The summed E-state index contributed by atoms with van der Waals surface area (Å²) >= 11 is 0. The molecule has 0 bridgehead atoms. The van der Waals surface area contributed by atoms with Gasteiger partial charge in [0.1, 0.15) is 11.4 Å². The van der Waals surface area contributed by atoms with Crippen LogP contribution in [-0.4, -0.2) is 60.3 Å². The number of aromatic nitrogens is 1. The third-order valence-corrected chi connectivity index (χ3v) is 4.95. The van der Waals surface area contributed by atoms with E-state index in [-0.39, 0.29) is 11.6 Å². The molecule has 1 atom stereocenters. The number of nitrogens with zero attached hydrogens (tertiary/aromatic N) is 3. The number of carbonyl (C=O) groups excluding carboxylic acids is 1. The quantitative estimate of drug-likeness (QED) is 0.901. The number of hydrogen-bond donors (Lipinski definition) is 1. The number of amides is 2. The zero-order valence-corrected chi connectivity index (χ0v) is 13.4. The van der Waals surface area contributed by atoms with Crippen molar-refractivity contribution in [2.75, 3.05) is 37.7 Å². The lowest BCUT2D eigenvalue weighted by Gasteiger charge is -2.48. The van der Waals surface area contributed by atoms with Crippen molar-refractivity contribution in [3.05, 3.63) is 24.4 Å². The number of hydrogen-bond acceptors (Lipinski definition) is 4. The maximum absolute atomic E-state index is 12.4. The Morgan fingerprint density at radius 1 is 1.30 bits per heavy atom. The minimum Gasteiger partial charge on any atom is -0.369 e. The van der Waals surface area contributed by atoms with Crippen molar-refractivity contribution in [1.29, 1.82) is 0 Å². The molecule has 1 spiro atoms. The number of piperidine rings is 1. The number of carbonyl (C=O) groups is 1. The van der Waals surface area contributed by atoms with Gasteiger partial charge in [-0.25, -0.2) is 9.78 Å². The molecule has 3 aliphatic rings. The maximum atomic E-state index is 12.4. The minimum absolute atomic E-state index is 0.0742. The summed E-state index contributed by atoms with van der Waals surface area (Å²) in [4.78, 5) is 21.0. The Labute approximate surface area is 136 Å². The van der Waals surface area contributed by atoms with Crippen LogP contribution in [0.1, 0.15) is 25.7 Å². The molecule has 1 N–H and O–H groups in total. The van der Waals surface area contributed by atoms with Crippen molar-refractivity contribution < 1.29 is 9.53 Å². The standard InChI is InChI=1S/C17H24N4O2/c22-16(19-14-5-6-14)21-10-11-23-17(13-21)7-3-9-20(12-17)15-4-1-2-8-18-15/h1-2,4,8,14H,3,5-7,9-13H2,(H,19,22)/t17-/m0/s1. The summed E-state index contributed by atoms with van der Waals surface area (Å²) in [7, 11) is 0. The average Bonchev–Trinajstić information content (AvgIpc) is 3.40. The van der Waals surface area contributed by atoms with Gasteiger partial charge in [0.05, 0.1) is 19.7 Å². The molecule has 0 unspecified atom stereocenters. The van der Waals surface area contributed by atoms with Crippen LogP contribution in [0.25, 0.3) is 0 Å². The Balaban J connectivity index is 1.44. The van der Waals surface area contributed by atoms with E-state index in [2.05, 4.69) is 15.2 Å². The van der Waals surface area contributed by atoms with Crippen molar-refractivity contribution in [3.63, 3.8) is 0 Å². The number of nitrogens with one attached hydrogen (secondary N) is 1. The van der Waals surface area contributed by atoms with Gasteiger partial charge in [0.15, 0.2) is 0 Å². The predicted molar refractivity (Wildman–Crippen MR) is 87.5 cm³/mol. The van der Waals surface area contributed by atoms with Crippen molar-refractivity contribution in [1.82, 2.24) is 15.2 Å². The molecule has 4 rings (SSSR count). The van der Waals surface area contributed by atoms with Crippen LogP contribution in [0.15, 0.2) is 24.4 Å². The Hall–Kier alpha value is -1.82. The second-order valence-corrected chi connectivity index (χ2v) is 6.89. The van der Waals surface area contributed by atoms with Gasteiger partial charge >= 0.3 is 6.03 Å². The van der Waals surface area contributed by atoms with Crippen molar-refractivity contribution >= 4 is 11.8 Å². The van der Waals surface area contributed by atoms with Gasteiger partial charge < -0.3 is 19.9 Å². The highest BCUT2D eigenvalue weighted by molar-refractivity contribution is 5.75. The fraction of sp³-hybridized carbons (Fsp3) is 0.647. The van der Waals surface area contributed by atoms with Crippen LogP contribution >= 0.6 is 0 Å². The molecule has 0 aromatic carbocycles. The molecule has 3 fully saturated rings. The number of morpholine rings is 1. The SMILES string of the molecule is O=C(NC1CC1)N1CCO[C@]2(CCCN(c3ccccn3)C2)C1. The lowest BCUT2D eigenvalue weighted by Crippen LogP contribution is -2.62. The highest BCUT2D eigenvalue weighted by atomic mass is 16.5. The fourth-order valence-electron chi connectivity index (χ4n) is 3.59. The summed E-state index contributed by atoms with van der Waals surface area (Å²) in [6.45, 7) is 3.78.